The summed E-state index contributed by atoms with van der Waals surface area (Å²) >= 11 is 0. The number of aliphatic hydroxyl groups is 1. The lowest BCUT2D eigenvalue weighted by Crippen LogP contribution is -2.62. The number of hydrogen-bond acceptors (Lipinski definition) is 4. The molecule has 1 aromatic heterocycles. The number of rotatable bonds is 2. The molecule has 6 nitrogen and oxygen atoms in total. The van der Waals surface area contributed by atoms with Crippen LogP contribution in [0.25, 0.3) is 0 Å². The van der Waals surface area contributed by atoms with Gasteiger partial charge in [0.25, 0.3) is 0 Å². The standard InChI is InChI=1S/C11H18N4O2/c1-7-10(12)8(2)15(13-7)4-9(16)14-5-11(3,17)6-14/h17H,4-6,12H2,1-3H3. The Bertz CT molecular complexity index is 456. The minimum Gasteiger partial charge on any atom is -0.396 e. The van der Waals surface area contributed by atoms with Crippen LogP contribution in [-0.2, 0) is 11.3 Å². The molecule has 3 N–H and O–H groups in total. The number of aromatic nitrogens is 2. The van der Waals surface area contributed by atoms with Gasteiger partial charge in [-0.25, -0.2) is 0 Å². The van der Waals surface area contributed by atoms with E-state index in [4.69, 9.17) is 5.73 Å². The van der Waals surface area contributed by atoms with Crippen molar-refractivity contribution in [3.63, 3.8) is 0 Å². The lowest BCUT2D eigenvalue weighted by molar-refractivity contribution is -0.153. The summed E-state index contributed by atoms with van der Waals surface area (Å²) in [5.41, 5.74) is 7.25. The molecule has 0 spiro atoms. The molecule has 0 radical (unpaired) electrons. The Hall–Kier alpha value is -1.56. The lowest BCUT2D eigenvalue weighted by Gasteiger charge is -2.44. The van der Waals surface area contributed by atoms with Crippen molar-refractivity contribution in [3.8, 4) is 0 Å². The summed E-state index contributed by atoms with van der Waals surface area (Å²) in [6, 6.07) is 0. The number of carbonyl (C=O) groups is 1. The third-order valence-corrected chi connectivity index (χ3v) is 3.14. The van der Waals surface area contributed by atoms with Crippen LogP contribution in [0.1, 0.15) is 18.3 Å². The molecular formula is C11H18N4O2. The van der Waals surface area contributed by atoms with Gasteiger partial charge in [-0.15, -0.1) is 0 Å². The van der Waals surface area contributed by atoms with Crippen LogP contribution in [-0.4, -0.2) is 44.4 Å². The Morgan fingerprint density at radius 3 is 2.53 bits per heavy atom. The van der Waals surface area contributed by atoms with Gasteiger partial charge in [0.15, 0.2) is 0 Å². The van der Waals surface area contributed by atoms with Gasteiger partial charge < -0.3 is 15.7 Å². The molecule has 6 heteroatoms. The Kier molecular flexibility index (Phi) is 2.61. The van der Waals surface area contributed by atoms with Crippen molar-refractivity contribution in [2.45, 2.75) is 32.9 Å². The van der Waals surface area contributed by atoms with Crippen LogP contribution in [0.15, 0.2) is 0 Å². The largest absolute Gasteiger partial charge is 0.396 e. The van der Waals surface area contributed by atoms with Crippen molar-refractivity contribution in [2.75, 3.05) is 18.8 Å². The maximum Gasteiger partial charge on any atom is 0.244 e. The topological polar surface area (TPSA) is 84.4 Å². The van der Waals surface area contributed by atoms with Crippen LogP contribution in [0.3, 0.4) is 0 Å². The summed E-state index contributed by atoms with van der Waals surface area (Å²) in [4.78, 5) is 13.5. The molecule has 1 saturated heterocycles. The molecule has 0 saturated carbocycles. The maximum absolute atomic E-state index is 11.9. The first-order valence-electron chi connectivity index (χ1n) is 5.60. The molecule has 0 aliphatic carbocycles. The molecule has 0 unspecified atom stereocenters. The predicted octanol–water partition coefficient (Wildman–Crippen LogP) is -0.325. The summed E-state index contributed by atoms with van der Waals surface area (Å²) in [6.07, 6.45) is 0. The summed E-state index contributed by atoms with van der Waals surface area (Å²) in [5.74, 6) is -0.0397. The van der Waals surface area contributed by atoms with Gasteiger partial charge in [0.05, 0.1) is 35.8 Å². The number of aryl methyl sites for hydroxylation is 1. The van der Waals surface area contributed by atoms with Gasteiger partial charge in [-0.2, -0.15) is 5.10 Å². The Balaban J connectivity index is 2.02. The molecule has 1 aliphatic rings. The SMILES string of the molecule is Cc1nn(CC(=O)N2CC(C)(O)C2)c(C)c1N. The first-order chi connectivity index (χ1) is 7.80. The van der Waals surface area contributed by atoms with Gasteiger partial charge in [0.1, 0.15) is 6.54 Å². The second kappa shape index (κ2) is 3.73. The third kappa shape index (κ3) is 2.12. The Morgan fingerprint density at radius 2 is 2.12 bits per heavy atom. The van der Waals surface area contributed by atoms with E-state index in [1.54, 1.807) is 16.5 Å². The minimum atomic E-state index is -0.732. The molecule has 1 amide bonds. The predicted molar refractivity (Wildman–Crippen MR) is 63.3 cm³/mol. The van der Waals surface area contributed by atoms with Crippen LogP contribution in [0.2, 0.25) is 0 Å². The molecule has 1 aromatic rings. The molecule has 1 aliphatic heterocycles. The highest BCUT2D eigenvalue weighted by atomic mass is 16.3. The quantitative estimate of drug-likeness (QED) is 0.739. The number of hydrogen-bond donors (Lipinski definition) is 2. The van der Waals surface area contributed by atoms with E-state index >= 15 is 0 Å². The van der Waals surface area contributed by atoms with Crippen LogP contribution in [0.5, 0.6) is 0 Å². The van der Waals surface area contributed by atoms with Crippen LogP contribution in [0, 0.1) is 13.8 Å². The number of nitrogens with two attached hydrogens (primary N) is 1. The lowest BCUT2D eigenvalue weighted by atomic mass is 9.97. The first kappa shape index (κ1) is 11.9. The zero-order valence-corrected chi connectivity index (χ0v) is 10.4. The molecular weight excluding hydrogens is 220 g/mol. The van der Waals surface area contributed by atoms with Gasteiger partial charge in [0.2, 0.25) is 5.91 Å². The number of nitrogen functional groups attached to an aromatic ring is 1. The average Bonchev–Trinajstić information content (AvgIpc) is 2.43. The fourth-order valence-electron chi connectivity index (χ4n) is 2.05. The smallest absolute Gasteiger partial charge is 0.244 e. The van der Waals surface area contributed by atoms with Crippen molar-refractivity contribution in [1.29, 1.82) is 0 Å². The van der Waals surface area contributed by atoms with Gasteiger partial charge in [0, 0.05) is 0 Å². The van der Waals surface area contributed by atoms with E-state index < -0.39 is 5.60 Å². The average molecular weight is 238 g/mol. The van der Waals surface area contributed by atoms with Gasteiger partial charge in [-0.1, -0.05) is 0 Å². The van der Waals surface area contributed by atoms with E-state index in [2.05, 4.69) is 5.10 Å². The Labute approximate surface area is 100 Å². The highest BCUT2D eigenvalue weighted by Crippen LogP contribution is 2.21. The summed E-state index contributed by atoms with van der Waals surface area (Å²) in [5, 5.41) is 13.8. The second-order valence-corrected chi connectivity index (χ2v) is 4.99. The van der Waals surface area contributed by atoms with E-state index in [0.717, 1.165) is 11.4 Å². The monoisotopic (exact) mass is 238 g/mol. The van der Waals surface area contributed by atoms with E-state index in [9.17, 15) is 9.90 Å². The summed E-state index contributed by atoms with van der Waals surface area (Å²) < 4.78 is 1.61. The number of likely N-dealkylation sites (tertiary alicyclic amines) is 1. The summed E-state index contributed by atoms with van der Waals surface area (Å²) in [7, 11) is 0. The highest BCUT2D eigenvalue weighted by Gasteiger charge is 2.39. The molecule has 1 fully saturated rings. The number of carbonyl (C=O) groups excluding carboxylic acids is 1. The van der Waals surface area contributed by atoms with Crippen molar-refractivity contribution in [1.82, 2.24) is 14.7 Å². The third-order valence-electron chi connectivity index (χ3n) is 3.14. The zero-order valence-electron chi connectivity index (χ0n) is 10.4. The van der Waals surface area contributed by atoms with Crippen molar-refractivity contribution < 1.29 is 9.90 Å². The maximum atomic E-state index is 11.9. The van der Waals surface area contributed by atoms with E-state index in [1.165, 1.54) is 0 Å². The fourth-order valence-corrected chi connectivity index (χ4v) is 2.05. The van der Waals surface area contributed by atoms with Crippen LogP contribution >= 0.6 is 0 Å². The summed E-state index contributed by atoms with van der Waals surface area (Å²) in [6.45, 7) is 6.34. The zero-order chi connectivity index (χ0) is 12.8. The number of amides is 1. The van der Waals surface area contributed by atoms with Crippen LogP contribution in [0.4, 0.5) is 5.69 Å². The van der Waals surface area contributed by atoms with E-state index in [-0.39, 0.29) is 12.5 Å². The fraction of sp³-hybridized carbons (Fsp3) is 0.636. The molecule has 2 rings (SSSR count). The normalized spacial score (nSPS) is 18.0. The van der Waals surface area contributed by atoms with E-state index in [1.807, 2.05) is 13.8 Å². The highest BCUT2D eigenvalue weighted by molar-refractivity contribution is 5.77. The number of β-amino-alcohol motifs (C(OH)–C–C–N with tert-alkyl or cyclic N) is 1. The second-order valence-electron chi connectivity index (χ2n) is 4.99. The van der Waals surface area contributed by atoms with Gasteiger partial charge >= 0.3 is 0 Å². The molecule has 2 heterocycles. The van der Waals surface area contributed by atoms with E-state index in [0.29, 0.717) is 18.8 Å². The molecule has 17 heavy (non-hydrogen) atoms. The molecule has 0 bridgehead atoms. The van der Waals surface area contributed by atoms with Crippen molar-refractivity contribution in [3.05, 3.63) is 11.4 Å². The van der Waals surface area contributed by atoms with Gasteiger partial charge in [-0.3, -0.25) is 9.48 Å². The van der Waals surface area contributed by atoms with Gasteiger partial charge in [-0.05, 0) is 20.8 Å². The molecule has 0 atom stereocenters. The minimum absolute atomic E-state index is 0.0397. The van der Waals surface area contributed by atoms with Crippen LogP contribution < -0.4 is 5.73 Å². The number of anilines is 1. The molecule has 0 aromatic carbocycles. The van der Waals surface area contributed by atoms with Crippen molar-refractivity contribution >= 4 is 11.6 Å². The van der Waals surface area contributed by atoms with Crippen molar-refractivity contribution in [2.24, 2.45) is 0 Å². The molecule has 94 valence electrons. The number of nitrogens with zero attached hydrogens (tertiary/aromatic N) is 3. The Morgan fingerprint density at radius 1 is 1.53 bits per heavy atom. The first-order valence-corrected chi connectivity index (χ1v) is 5.60.